The maximum Gasteiger partial charge on any atom is 0.224 e. The number of aryl methyl sites for hydroxylation is 1. The zero-order valence-electron chi connectivity index (χ0n) is 18.3. The first-order chi connectivity index (χ1) is 14.7. The fraction of sp³-hybridized carbons (Fsp3) is 0.500. The average molecular weight is 406 g/mol. The lowest BCUT2D eigenvalue weighted by atomic mass is 9.96. The van der Waals surface area contributed by atoms with Gasteiger partial charge in [-0.3, -0.25) is 14.6 Å². The van der Waals surface area contributed by atoms with E-state index in [1.807, 2.05) is 0 Å². The number of hydrogen-bond donors (Lipinski definition) is 1. The second-order valence-electron chi connectivity index (χ2n) is 9.08. The second-order valence-corrected chi connectivity index (χ2v) is 9.08. The molecular formula is C26H35N3O. The molecule has 2 aliphatic heterocycles. The summed E-state index contributed by atoms with van der Waals surface area (Å²) in [7, 11) is 0. The van der Waals surface area contributed by atoms with Gasteiger partial charge in [-0.25, -0.2) is 0 Å². The highest BCUT2D eigenvalue weighted by Crippen LogP contribution is 2.20. The molecule has 0 spiro atoms. The van der Waals surface area contributed by atoms with Crippen LogP contribution in [0.2, 0.25) is 0 Å². The van der Waals surface area contributed by atoms with Gasteiger partial charge in [-0.2, -0.15) is 0 Å². The van der Waals surface area contributed by atoms with E-state index in [1.165, 1.54) is 48.2 Å². The molecule has 4 rings (SSSR count). The van der Waals surface area contributed by atoms with Gasteiger partial charge in [0.25, 0.3) is 0 Å². The van der Waals surface area contributed by atoms with Gasteiger partial charge in [0.2, 0.25) is 5.91 Å². The Kier molecular flexibility index (Phi) is 7.19. The van der Waals surface area contributed by atoms with E-state index in [-0.39, 0.29) is 11.8 Å². The van der Waals surface area contributed by atoms with Crippen molar-refractivity contribution in [3.05, 3.63) is 70.8 Å². The molecule has 2 aromatic rings. The van der Waals surface area contributed by atoms with Crippen LogP contribution in [0.3, 0.4) is 0 Å². The molecule has 0 saturated carbocycles. The highest BCUT2D eigenvalue weighted by atomic mass is 16.1. The summed E-state index contributed by atoms with van der Waals surface area (Å²) in [4.78, 5) is 17.7. The summed E-state index contributed by atoms with van der Waals surface area (Å²) in [6.45, 7) is 9.12. The minimum atomic E-state index is 0.0954. The maximum atomic E-state index is 12.8. The number of benzene rings is 2. The number of likely N-dealkylation sites (tertiary alicyclic amines) is 2. The number of hydrogen-bond acceptors (Lipinski definition) is 3. The molecule has 0 radical (unpaired) electrons. The first kappa shape index (κ1) is 21.1. The Bertz CT molecular complexity index is 826. The number of nitrogens with zero attached hydrogens (tertiary/aromatic N) is 2. The van der Waals surface area contributed by atoms with Gasteiger partial charge < -0.3 is 5.32 Å². The molecule has 30 heavy (non-hydrogen) atoms. The molecule has 2 fully saturated rings. The van der Waals surface area contributed by atoms with Crippen molar-refractivity contribution in [1.82, 2.24) is 15.1 Å². The summed E-state index contributed by atoms with van der Waals surface area (Å²) < 4.78 is 0. The Morgan fingerprint density at radius 2 is 1.60 bits per heavy atom. The lowest BCUT2D eigenvalue weighted by molar-refractivity contribution is -0.126. The first-order valence-electron chi connectivity index (χ1n) is 11.5. The molecule has 1 N–H and O–H groups in total. The highest BCUT2D eigenvalue weighted by Gasteiger charge is 2.25. The maximum absolute atomic E-state index is 12.8. The Morgan fingerprint density at radius 1 is 0.900 bits per heavy atom. The van der Waals surface area contributed by atoms with Crippen LogP contribution in [0.4, 0.5) is 0 Å². The largest absolute Gasteiger partial charge is 0.352 e. The third-order valence-electron chi connectivity index (χ3n) is 6.46. The molecule has 0 aromatic heterocycles. The van der Waals surface area contributed by atoms with Crippen molar-refractivity contribution in [3.63, 3.8) is 0 Å². The predicted molar refractivity (Wildman–Crippen MR) is 122 cm³/mol. The SMILES string of the molecule is Cc1cccc(CN2CCCC(C(=O)NCc3ccc(CN4CCCC4)cc3)C2)c1. The highest BCUT2D eigenvalue weighted by molar-refractivity contribution is 5.79. The van der Waals surface area contributed by atoms with Crippen molar-refractivity contribution < 1.29 is 4.79 Å². The van der Waals surface area contributed by atoms with Gasteiger partial charge in [0.15, 0.2) is 0 Å². The van der Waals surface area contributed by atoms with E-state index in [1.54, 1.807) is 0 Å². The average Bonchev–Trinajstić information content (AvgIpc) is 3.26. The van der Waals surface area contributed by atoms with Crippen molar-refractivity contribution in [1.29, 1.82) is 0 Å². The minimum Gasteiger partial charge on any atom is -0.352 e. The zero-order valence-corrected chi connectivity index (χ0v) is 18.3. The molecule has 1 unspecified atom stereocenters. The quantitative estimate of drug-likeness (QED) is 0.753. The molecule has 0 bridgehead atoms. The van der Waals surface area contributed by atoms with Crippen molar-refractivity contribution in [2.24, 2.45) is 5.92 Å². The van der Waals surface area contributed by atoms with Crippen LogP contribution in [0.15, 0.2) is 48.5 Å². The molecule has 4 heteroatoms. The van der Waals surface area contributed by atoms with E-state index in [0.29, 0.717) is 6.54 Å². The third kappa shape index (κ3) is 5.93. The van der Waals surface area contributed by atoms with Crippen LogP contribution in [-0.4, -0.2) is 41.9 Å². The van der Waals surface area contributed by atoms with Crippen LogP contribution < -0.4 is 5.32 Å². The van der Waals surface area contributed by atoms with Gasteiger partial charge in [-0.15, -0.1) is 0 Å². The Morgan fingerprint density at radius 3 is 2.37 bits per heavy atom. The van der Waals surface area contributed by atoms with E-state index in [0.717, 1.165) is 39.0 Å². The van der Waals surface area contributed by atoms with Gasteiger partial charge in [0.1, 0.15) is 0 Å². The molecule has 160 valence electrons. The van der Waals surface area contributed by atoms with Crippen molar-refractivity contribution in [3.8, 4) is 0 Å². The van der Waals surface area contributed by atoms with Crippen LogP contribution in [0.25, 0.3) is 0 Å². The lowest BCUT2D eigenvalue weighted by Gasteiger charge is -2.32. The molecule has 2 aromatic carbocycles. The van der Waals surface area contributed by atoms with Gasteiger partial charge in [-0.05, 0) is 68.9 Å². The summed E-state index contributed by atoms with van der Waals surface area (Å²) in [5.41, 5.74) is 5.18. The van der Waals surface area contributed by atoms with Crippen LogP contribution in [0, 0.1) is 12.8 Å². The number of carbonyl (C=O) groups excluding carboxylic acids is 1. The minimum absolute atomic E-state index is 0.0954. The number of amides is 1. The number of rotatable bonds is 7. The number of carbonyl (C=O) groups is 1. The van der Waals surface area contributed by atoms with Crippen LogP contribution in [0.5, 0.6) is 0 Å². The van der Waals surface area contributed by atoms with Crippen molar-refractivity contribution in [2.75, 3.05) is 26.2 Å². The van der Waals surface area contributed by atoms with Crippen LogP contribution in [0.1, 0.15) is 47.9 Å². The second kappa shape index (κ2) is 10.2. The molecule has 2 saturated heterocycles. The van der Waals surface area contributed by atoms with E-state index in [4.69, 9.17) is 0 Å². The Balaban J connectivity index is 1.24. The van der Waals surface area contributed by atoms with Crippen molar-refractivity contribution in [2.45, 2.75) is 52.2 Å². The normalized spacial score (nSPS) is 20.4. The molecule has 4 nitrogen and oxygen atoms in total. The topological polar surface area (TPSA) is 35.6 Å². The van der Waals surface area contributed by atoms with Crippen LogP contribution in [-0.2, 0) is 24.4 Å². The Labute approximate surface area is 181 Å². The fourth-order valence-corrected chi connectivity index (χ4v) is 4.78. The van der Waals surface area contributed by atoms with Crippen LogP contribution >= 0.6 is 0 Å². The number of piperidine rings is 1. The van der Waals surface area contributed by atoms with Gasteiger partial charge in [-0.1, -0.05) is 54.1 Å². The van der Waals surface area contributed by atoms with E-state index in [9.17, 15) is 4.79 Å². The fourth-order valence-electron chi connectivity index (χ4n) is 4.78. The van der Waals surface area contributed by atoms with E-state index < -0.39 is 0 Å². The summed E-state index contributed by atoms with van der Waals surface area (Å²) in [5.74, 6) is 0.295. The van der Waals surface area contributed by atoms with E-state index in [2.05, 4.69) is 70.6 Å². The summed E-state index contributed by atoms with van der Waals surface area (Å²) in [6, 6.07) is 17.4. The molecular weight excluding hydrogens is 370 g/mol. The Hall–Kier alpha value is -2.17. The zero-order chi connectivity index (χ0) is 20.8. The van der Waals surface area contributed by atoms with E-state index >= 15 is 0 Å². The standard InChI is InChI=1S/C26H35N3O/c1-21-6-4-7-24(16-21)19-29-15-5-8-25(20-29)26(30)27-17-22-9-11-23(12-10-22)18-28-13-2-3-14-28/h4,6-7,9-12,16,25H,2-3,5,8,13-15,17-20H2,1H3,(H,27,30). The lowest BCUT2D eigenvalue weighted by Crippen LogP contribution is -2.42. The molecule has 0 aliphatic carbocycles. The summed E-state index contributed by atoms with van der Waals surface area (Å²) >= 11 is 0. The van der Waals surface area contributed by atoms with Crippen molar-refractivity contribution >= 4 is 5.91 Å². The van der Waals surface area contributed by atoms with Gasteiger partial charge >= 0.3 is 0 Å². The molecule has 2 aliphatic rings. The summed E-state index contributed by atoms with van der Waals surface area (Å²) in [5, 5.41) is 3.18. The van der Waals surface area contributed by atoms with Gasteiger partial charge in [0, 0.05) is 26.2 Å². The smallest absolute Gasteiger partial charge is 0.224 e. The third-order valence-corrected chi connectivity index (χ3v) is 6.46. The molecule has 2 heterocycles. The molecule has 1 atom stereocenters. The summed E-state index contributed by atoms with van der Waals surface area (Å²) in [6.07, 6.45) is 4.74. The first-order valence-corrected chi connectivity index (χ1v) is 11.5. The predicted octanol–water partition coefficient (Wildman–Crippen LogP) is 4.12. The number of nitrogens with one attached hydrogen (secondary N) is 1. The molecule has 1 amide bonds. The monoisotopic (exact) mass is 405 g/mol. The van der Waals surface area contributed by atoms with Gasteiger partial charge in [0.05, 0.1) is 5.92 Å².